The predicted octanol–water partition coefficient (Wildman–Crippen LogP) is 2.91. The van der Waals surface area contributed by atoms with E-state index in [2.05, 4.69) is 16.7 Å². The van der Waals surface area contributed by atoms with Crippen molar-refractivity contribution in [2.75, 3.05) is 27.2 Å². The van der Waals surface area contributed by atoms with E-state index in [1.54, 1.807) is 7.11 Å². The van der Waals surface area contributed by atoms with Crippen LogP contribution in [0.15, 0.2) is 36.4 Å². The molecule has 2 N–H and O–H groups in total. The lowest BCUT2D eigenvalue weighted by molar-refractivity contribution is -0.120. The van der Waals surface area contributed by atoms with Gasteiger partial charge in [0.1, 0.15) is 5.75 Å². The molecule has 0 radical (unpaired) electrons. The molecule has 0 bridgehead atoms. The van der Waals surface area contributed by atoms with Gasteiger partial charge in [-0.1, -0.05) is 31.5 Å². The number of likely N-dealkylation sites (N-methyl/N-ethyl adjacent to an activating group) is 1. The van der Waals surface area contributed by atoms with Crippen LogP contribution in [-0.4, -0.2) is 44.1 Å². The van der Waals surface area contributed by atoms with E-state index in [9.17, 15) is 9.59 Å². The summed E-state index contributed by atoms with van der Waals surface area (Å²) in [7, 11) is 3.51. The van der Waals surface area contributed by atoms with Gasteiger partial charge >= 0.3 is 6.03 Å². The highest BCUT2D eigenvalue weighted by atomic mass is 16.5. The van der Waals surface area contributed by atoms with Crippen LogP contribution >= 0.6 is 0 Å². The minimum atomic E-state index is -0.434. The van der Waals surface area contributed by atoms with Crippen molar-refractivity contribution in [2.24, 2.45) is 0 Å². The van der Waals surface area contributed by atoms with Crippen LogP contribution in [0.1, 0.15) is 25.3 Å². The molecule has 26 heavy (non-hydrogen) atoms. The van der Waals surface area contributed by atoms with Gasteiger partial charge in [0.15, 0.2) is 0 Å². The molecular formula is C20H27N3O3. The number of carbonyl (C=O) groups excluding carboxylic acids is 2. The Hall–Kier alpha value is -2.60. The SMILES string of the molecule is CCCCNC(=O)NC(=O)CN(C)Cc1ccc2cc(OC)ccc2c1. The van der Waals surface area contributed by atoms with Gasteiger partial charge < -0.3 is 10.1 Å². The van der Waals surface area contributed by atoms with Gasteiger partial charge in [-0.05, 0) is 48.0 Å². The fourth-order valence-corrected chi connectivity index (χ4v) is 2.70. The van der Waals surface area contributed by atoms with E-state index >= 15 is 0 Å². The third-order valence-electron chi connectivity index (χ3n) is 4.05. The fraction of sp³-hybridized carbons (Fsp3) is 0.400. The van der Waals surface area contributed by atoms with Crippen LogP contribution in [0.2, 0.25) is 0 Å². The van der Waals surface area contributed by atoms with Gasteiger partial charge in [-0.25, -0.2) is 4.79 Å². The van der Waals surface area contributed by atoms with Gasteiger partial charge in [0.2, 0.25) is 5.91 Å². The Labute approximate surface area is 154 Å². The maximum atomic E-state index is 11.9. The van der Waals surface area contributed by atoms with Gasteiger partial charge in [0, 0.05) is 13.1 Å². The van der Waals surface area contributed by atoms with E-state index in [-0.39, 0.29) is 12.5 Å². The Morgan fingerprint density at radius 2 is 1.85 bits per heavy atom. The number of unbranched alkanes of at least 4 members (excludes halogenated alkanes) is 1. The first kappa shape index (κ1) is 19.7. The Bertz CT molecular complexity index is 761. The fourth-order valence-electron chi connectivity index (χ4n) is 2.70. The highest BCUT2D eigenvalue weighted by Crippen LogP contribution is 2.22. The van der Waals surface area contributed by atoms with Crippen LogP contribution in [-0.2, 0) is 11.3 Å². The molecule has 0 fully saturated rings. The largest absolute Gasteiger partial charge is 0.497 e. The second-order valence-corrected chi connectivity index (χ2v) is 6.38. The van der Waals surface area contributed by atoms with E-state index in [4.69, 9.17) is 4.74 Å². The number of ether oxygens (including phenoxy) is 1. The number of rotatable bonds is 8. The first-order chi connectivity index (χ1) is 12.5. The standard InChI is InChI=1S/C20H27N3O3/c1-4-5-10-21-20(25)22-19(24)14-23(2)13-15-6-7-17-12-18(26-3)9-8-16(17)11-15/h6-9,11-12H,4-5,10,13-14H2,1-3H3,(H2,21,22,24,25). The van der Waals surface area contributed by atoms with Gasteiger partial charge in [0.25, 0.3) is 0 Å². The molecule has 6 nitrogen and oxygen atoms in total. The van der Waals surface area contributed by atoms with Gasteiger partial charge in [-0.2, -0.15) is 0 Å². The average Bonchev–Trinajstić information content (AvgIpc) is 2.61. The van der Waals surface area contributed by atoms with Crippen LogP contribution in [0, 0.1) is 0 Å². The van der Waals surface area contributed by atoms with Crippen molar-refractivity contribution in [1.82, 2.24) is 15.5 Å². The van der Waals surface area contributed by atoms with Crippen molar-refractivity contribution in [3.8, 4) is 5.75 Å². The molecule has 6 heteroatoms. The van der Waals surface area contributed by atoms with Gasteiger partial charge in [0.05, 0.1) is 13.7 Å². The molecule has 0 heterocycles. The van der Waals surface area contributed by atoms with Gasteiger partial charge in [-0.3, -0.25) is 15.0 Å². The Morgan fingerprint density at radius 3 is 2.58 bits per heavy atom. The van der Waals surface area contributed by atoms with Crippen LogP contribution in [0.5, 0.6) is 5.75 Å². The van der Waals surface area contributed by atoms with Crippen molar-refractivity contribution in [3.05, 3.63) is 42.0 Å². The molecular weight excluding hydrogens is 330 g/mol. The number of imide groups is 1. The first-order valence-electron chi connectivity index (χ1n) is 8.84. The number of fused-ring (bicyclic) bond motifs is 1. The van der Waals surface area contributed by atoms with E-state index in [1.807, 2.05) is 49.2 Å². The molecule has 2 aromatic carbocycles. The number of hydrogen-bond donors (Lipinski definition) is 2. The molecule has 0 aromatic heterocycles. The highest BCUT2D eigenvalue weighted by Gasteiger charge is 2.11. The Morgan fingerprint density at radius 1 is 1.12 bits per heavy atom. The Balaban J connectivity index is 1.86. The zero-order valence-electron chi connectivity index (χ0n) is 15.7. The average molecular weight is 357 g/mol. The maximum Gasteiger partial charge on any atom is 0.321 e. The third-order valence-corrected chi connectivity index (χ3v) is 4.05. The minimum Gasteiger partial charge on any atom is -0.497 e. The first-order valence-corrected chi connectivity index (χ1v) is 8.84. The van der Waals surface area contributed by atoms with Gasteiger partial charge in [-0.15, -0.1) is 0 Å². The molecule has 0 aliphatic rings. The summed E-state index contributed by atoms with van der Waals surface area (Å²) in [5.74, 6) is 0.517. The summed E-state index contributed by atoms with van der Waals surface area (Å²) >= 11 is 0. The zero-order chi connectivity index (χ0) is 18.9. The smallest absolute Gasteiger partial charge is 0.321 e. The molecule has 0 aliphatic carbocycles. The number of nitrogens with zero attached hydrogens (tertiary/aromatic N) is 1. The van der Waals surface area contributed by atoms with Crippen LogP contribution < -0.4 is 15.4 Å². The number of hydrogen-bond acceptors (Lipinski definition) is 4. The number of carbonyl (C=O) groups is 2. The van der Waals surface area contributed by atoms with Crippen molar-refractivity contribution >= 4 is 22.7 Å². The molecule has 2 aromatic rings. The number of urea groups is 1. The molecule has 0 saturated carbocycles. The number of methoxy groups -OCH3 is 1. The lowest BCUT2D eigenvalue weighted by Gasteiger charge is -2.16. The molecule has 0 spiro atoms. The Kier molecular flexibility index (Phi) is 7.41. The van der Waals surface area contributed by atoms with E-state index in [1.165, 1.54) is 0 Å². The number of benzene rings is 2. The highest BCUT2D eigenvalue weighted by molar-refractivity contribution is 5.95. The lowest BCUT2D eigenvalue weighted by Crippen LogP contribution is -2.43. The topological polar surface area (TPSA) is 70.7 Å². The minimum absolute atomic E-state index is 0.155. The number of nitrogens with one attached hydrogen (secondary N) is 2. The van der Waals surface area contributed by atoms with E-state index < -0.39 is 6.03 Å². The predicted molar refractivity (Wildman–Crippen MR) is 103 cm³/mol. The summed E-state index contributed by atoms with van der Waals surface area (Å²) in [4.78, 5) is 25.4. The molecule has 0 saturated heterocycles. The summed E-state index contributed by atoms with van der Waals surface area (Å²) < 4.78 is 5.24. The van der Waals surface area contributed by atoms with Crippen molar-refractivity contribution in [1.29, 1.82) is 0 Å². The quantitative estimate of drug-likeness (QED) is 0.713. The normalized spacial score (nSPS) is 10.8. The summed E-state index contributed by atoms with van der Waals surface area (Å²) in [6, 6.07) is 11.7. The molecule has 0 atom stereocenters. The molecule has 0 aliphatic heterocycles. The van der Waals surface area contributed by atoms with Crippen molar-refractivity contribution < 1.29 is 14.3 Å². The maximum absolute atomic E-state index is 11.9. The molecule has 140 valence electrons. The molecule has 2 rings (SSSR count). The lowest BCUT2D eigenvalue weighted by atomic mass is 10.1. The molecule has 3 amide bonds. The second kappa shape index (κ2) is 9.77. The zero-order valence-corrected chi connectivity index (χ0v) is 15.7. The van der Waals surface area contributed by atoms with Crippen molar-refractivity contribution in [2.45, 2.75) is 26.3 Å². The van der Waals surface area contributed by atoms with Crippen LogP contribution in [0.3, 0.4) is 0 Å². The molecule has 0 unspecified atom stereocenters. The summed E-state index contributed by atoms with van der Waals surface area (Å²) in [6.45, 7) is 3.39. The summed E-state index contributed by atoms with van der Waals surface area (Å²) in [5, 5.41) is 7.25. The third kappa shape index (κ3) is 6.04. The van der Waals surface area contributed by atoms with E-state index in [0.717, 1.165) is 34.9 Å². The van der Waals surface area contributed by atoms with E-state index in [0.29, 0.717) is 13.1 Å². The summed E-state index contributed by atoms with van der Waals surface area (Å²) in [5.41, 5.74) is 1.10. The monoisotopic (exact) mass is 357 g/mol. The summed E-state index contributed by atoms with van der Waals surface area (Å²) in [6.07, 6.45) is 1.89. The number of amides is 3. The second-order valence-electron chi connectivity index (χ2n) is 6.38. The van der Waals surface area contributed by atoms with Crippen LogP contribution in [0.25, 0.3) is 10.8 Å². The van der Waals surface area contributed by atoms with Crippen molar-refractivity contribution in [3.63, 3.8) is 0 Å². The van der Waals surface area contributed by atoms with Crippen LogP contribution in [0.4, 0.5) is 4.79 Å².